The van der Waals surface area contributed by atoms with Crippen LogP contribution in [0.15, 0.2) is 18.2 Å². The number of rotatable bonds is 1. The van der Waals surface area contributed by atoms with Crippen LogP contribution in [-0.4, -0.2) is 4.98 Å². The minimum atomic E-state index is -0.269. The van der Waals surface area contributed by atoms with E-state index in [0.717, 1.165) is 16.6 Å². The maximum absolute atomic E-state index is 13.5. The Morgan fingerprint density at radius 2 is 2.07 bits per heavy atom. The number of benzene rings is 1. The van der Waals surface area contributed by atoms with Crippen molar-refractivity contribution < 1.29 is 4.39 Å². The summed E-state index contributed by atoms with van der Waals surface area (Å²) in [6.07, 6.45) is 0. The smallest absolute Gasteiger partial charge is 0.130 e. The van der Waals surface area contributed by atoms with E-state index < -0.39 is 0 Å². The van der Waals surface area contributed by atoms with Crippen LogP contribution in [0.4, 0.5) is 4.39 Å². The fourth-order valence-electron chi connectivity index (χ4n) is 1.67. The number of nitrogens with two attached hydrogens (primary N) is 1. The van der Waals surface area contributed by atoms with E-state index in [4.69, 9.17) is 5.73 Å². The highest BCUT2D eigenvalue weighted by atomic mass is 19.1. The number of fused-ring (bicyclic) bond motifs is 1. The van der Waals surface area contributed by atoms with Crippen molar-refractivity contribution in [2.24, 2.45) is 5.73 Å². The van der Waals surface area contributed by atoms with Gasteiger partial charge in [0.1, 0.15) is 5.82 Å². The van der Waals surface area contributed by atoms with E-state index in [1.54, 1.807) is 13.0 Å². The quantitative estimate of drug-likeness (QED) is 0.716. The average Bonchev–Trinajstić information content (AvgIpc) is 2.42. The van der Waals surface area contributed by atoms with Gasteiger partial charge >= 0.3 is 0 Å². The van der Waals surface area contributed by atoms with Gasteiger partial charge in [-0.2, -0.15) is 0 Å². The minimum Gasteiger partial charge on any atom is -0.359 e. The second-order valence-electron chi connectivity index (χ2n) is 3.70. The molecule has 0 spiro atoms. The first kappa shape index (κ1) is 9.21. The van der Waals surface area contributed by atoms with Crippen LogP contribution in [0.3, 0.4) is 0 Å². The lowest BCUT2D eigenvalue weighted by Crippen LogP contribution is -2.07. The summed E-state index contributed by atoms with van der Waals surface area (Å²) >= 11 is 0. The third-order valence-electron chi connectivity index (χ3n) is 2.36. The second-order valence-corrected chi connectivity index (χ2v) is 3.70. The Hall–Kier alpha value is -1.35. The number of H-pyrrole nitrogens is 1. The first-order chi connectivity index (χ1) is 6.58. The molecule has 1 heterocycles. The first-order valence-corrected chi connectivity index (χ1v) is 4.62. The van der Waals surface area contributed by atoms with Gasteiger partial charge in [-0.3, -0.25) is 0 Å². The largest absolute Gasteiger partial charge is 0.359 e. The van der Waals surface area contributed by atoms with Crippen molar-refractivity contribution in [3.63, 3.8) is 0 Å². The Morgan fingerprint density at radius 1 is 1.36 bits per heavy atom. The molecule has 2 nitrogen and oxygen atoms in total. The van der Waals surface area contributed by atoms with Gasteiger partial charge in [-0.05, 0) is 32.0 Å². The van der Waals surface area contributed by atoms with E-state index in [2.05, 4.69) is 4.98 Å². The number of halogens is 1. The summed E-state index contributed by atoms with van der Waals surface area (Å²) in [5.41, 5.74) is 8.08. The molecule has 14 heavy (non-hydrogen) atoms. The van der Waals surface area contributed by atoms with Crippen LogP contribution < -0.4 is 5.73 Å². The predicted octanol–water partition coefficient (Wildman–Crippen LogP) is 2.64. The van der Waals surface area contributed by atoms with Crippen LogP contribution >= 0.6 is 0 Å². The zero-order valence-electron chi connectivity index (χ0n) is 8.26. The molecule has 0 aliphatic rings. The fourth-order valence-corrected chi connectivity index (χ4v) is 1.67. The van der Waals surface area contributed by atoms with Gasteiger partial charge in [-0.15, -0.1) is 0 Å². The molecule has 1 aromatic heterocycles. The molecule has 0 bridgehead atoms. The summed E-state index contributed by atoms with van der Waals surface area (Å²) in [6.45, 7) is 3.73. The fraction of sp³-hybridized carbons (Fsp3) is 0.273. The molecular formula is C11H13FN2. The SMILES string of the molecule is Cc1cc2cc([C@@H](C)N)c(F)cc2[nH]1. The van der Waals surface area contributed by atoms with Crippen molar-refractivity contribution in [2.45, 2.75) is 19.9 Å². The van der Waals surface area contributed by atoms with Gasteiger partial charge in [-0.1, -0.05) is 0 Å². The van der Waals surface area contributed by atoms with Gasteiger partial charge < -0.3 is 10.7 Å². The van der Waals surface area contributed by atoms with Gasteiger partial charge in [0.05, 0.1) is 0 Å². The van der Waals surface area contributed by atoms with Crippen molar-refractivity contribution in [2.75, 3.05) is 0 Å². The number of hydrogen-bond acceptors (Lipinski definition) is 1. The van der Waals surface area contributed by atoms with Gasteiger partial charge in [0, 0.05) is 28.2 Å². The van der Waals surface area contributed by atoms with Crippen LogP contribution in [-0.2, 0) is 0 Å². The van der Waals surface area contributed by atoms with Crippen LogP contribution in [0.2, 0.25) is 0 Å². The second kappa shape index (κ2) is 3.10. The molecule has 1 aromatic carbocycles. The van der Waals surface area contributed by atoms with Crippen molar-refractivity contribution in [3.05, 3.63) is 35.3 Å². The molecule has 3 heteroatoms. The Bertz CT molecular complexity index is 471. The summed E-state index contributed by atoms with van der Waals surface area (Å²) in [5, 5.41) is 1.01. The highest BCUT2D eigenvalue weighted by Gasteiger charge is 2.09. The van der Waals surface area contributed by atoms with E-state index in [0.29, 0.717) is 5.56 Å². The number of hydrogen-bond donors (Lipinski definition) is 2. The average molecular weight is 192 g/mol. The molecule has 3 N–H and O–H groups in total. The number of aromatic amines is 1. The maximum Gasteiger partial charge on any atom is 0.130 e. The molecule has 0 unspecified atom stereocenters. The van der Waals surface area contributed by atoms with Crippen molar-refractivity contribution in [1.82, 2.24) is 4.98 Å². The molecule has 0 aliphatic carbocycles. The molecule has 0 saturated carbocycles. The first-order valence-electron chi connectivity index (χ1n) is 4.62. The van der Waals surface area contributed by atoms with Crippen molar-refractivity contribution in [1.29, 1.82) is 0 Å². The number of nitrogens with one attached hydrogen (secondary N) is 1. The van der Waals surface area contributed by atoms with E-state index in [9.17, 15) is 4.39 Å². The lowest BCUT2D eigenvalue weighted by molar-refractivity contribution is 0.595. The minimum absolute atomic E-state index is 0.241. The molecule has 0 saturated heterocycles. The lowest BCUT2D eigenvalue weighted by Gasteiger charge is -2.06. The third kappa shape index (κ3) is 1.40. The summed E-state index contributed by atoms with van der Waals surface area (Å²) < 4.78 is 13.5. The Balaban J connectivity index is 2.70. The van der Waals surface area contributed by atoms with E-state index >= 15 is 0 Å². The monoisotopic (exact) mass is 192 g/mol. The topological polar surface area (TPSA) is 41.8 Å². The summed E-state index contributed by atoms with van der Waals surface area (Å²) in [6, 6.07) is 5.02. The normalized spacial score (nSPS) is 13.4. The summed E-state index contributed by atoms with van der Waals surface area (Å²) in [5.74, 6) is -0.241. The van der Waals surface area contributed by atoms with Gasteiger partial charge in [-0.25, -0.2) is 4.39 Å². The third-order valence-corrected chi connectivity index (χ3v) is 2.36. The van der Waals surface area contributed by atoms with Crippen molar-refractivity contribution in [3.8, 4) is 0 Å². The Labute approximate surface area is 81.9 Å². The Morgan fingerprint density at radius 3 is 2.71 bits per heavy atom. The summed E-state index contributed by atoms with van der Waals surface area (Å²) in [4.78, 5) is 3.08. The highest BCUT2D eigenvalue weighted by Crippen LogP contribution is 2.23. The Kier molecular flexibility index (Phi) is 2.04. The van der Waals surface area contributed by atoms with Crippen LogP contribution in [0.5, 0.6) is 0 Å². The van der Waals surface area contributed by atoms with E-state index in [1.165, 1.54) is 6.07 Å². The zero-order valence-corrected chi connectivity index (χ0v) is 8.26. The lowest BCUT2D eigenvalue weighted by atomic mass is 10.1. The molecule has 1 atom stereocenters. The van der Waals surface area contributed by atoms with Crippen LogP contribution in [0.1, 0.15) is 24.2 Å². The molecular weight excluding hydrogens is 179 g/mol. The van der Waals surface area contributed by atoms with Crippen LogP contribution in [0, 0.1) is 12.7 Å². The molecule has 74 valence electrons. The van der Waals surface area contributed by atoms with Gasteiger partial charge in [0.2, 0.25) is 0 Å². The predicted molar refractivity (Wildman–Crippen MR) is 55.6 cm³/mol. The molecule has 0 fully saturated rings. The van der Waals surface area contributed by atoms with Crippen molar-refractivity contribution >= 4 is 10.9 Å². The molecule has 0 aliphatic heterocycles. The maximum atomic E-state index is 13.5. The molecule has 2 rings (SSSR count). The van der Waals surface area contributed by atoms with Gasteiger partial charge in [0.25, 0.3) is 0 Å². The zero-order chi connectivity index (χ0) is 10.3. The van der Waals surface area contributed by atoms with E-state index in [1.807, 2.05) is 13.0 Å². The number of aryl methyl sites for hydroxylation is 1. The van der Waals surface area contributed by atoms with Crippen LogP contribution in [0.25, 0.3) is 10.9 Å². The van der Waals surface area contributed by atoms with E-state index in [-0.39, 0.29) is 11.9 Å². The standard InChI is InChI=1S/C11H13FN2/c1-6-3-8-4-9(7(2)13)10(12)5-11(8)14-6/h3-5,7,14H,13H2,1-2H3/t7-/m1/s1. The van der Waals surface area contributed by atoms with Gasteiger partial charge in [0.15, 0.2) is 0 Å². The highest BCUT2D eigenvalue weighted by molar-refractivity contribution is 5.81. The molecule has 0 amide bonds. The summed E-state index contributed by atoms with van der Waals surface area (Å²) in [7, 11) is 0. The molecule has 0 radical (unpaired) electrons. The number of aromatic nitrogens is 1. The molecule has 2 aromatic rings.